The van der Waals surface area contributed by atoms with Crippen LogP contribution in [0.5, 0.6) is 5.75 Å². The molecule has 2 aromatic rings. The Morgan fingerprint density at radius 3 is 2.90 bits per heavy atom. The molecular formula is C16H19NO4. The molecule has 2 rings (SSSR count). The second kappa shape index (κ2) is 7.61. The molecule has 1 aromatic heterocycles. The van der Waals surface area contributed by atoms with Gasteiger partial charge in [-0.3, -0.25) is 0 Å². The lowest BCUT2D eigenvalue weighted by Crippen LogP contribution is -2.13. The van der Waals surface area contributed by atoms with Gasteiger partial charge in [0, 0.05) is 18.7 Å². The van der Waals surface area contributed by atoms with E-state index in [1.165, 1.54) is 0 Å². The third kappa shape index (κ3) is 4.73. The zero-order chi connectivity index (χ0) is 15.1. The Hall–Kier alpha value is -2.11. The van der Waals surface area contributed by atoms with Gasteiger partial charge in [-0.15, -0.1) is 0 Å². The van der Waals surface area contributed by atoms with Gasteiger partial charge in [-0.05, 0) is 25.1 Å². The van der Waals surface area contributed by atoms with Crippen LogP contribution in [0, 0.1) is 0 Å². The first-order valence-corrected chi connectivity index (χ1v) is 6.71. The number of hydrogen-bond acceptors (Lipinski definition) is 5. The predicted molar refractivity (Wildman–Crippen MR) is 79.8 cm³/mol. The summed E-state index contributed by atoms with van der Waals surface area (Å²) in [5.74, 6) is 1.36. The molecule has 0 radical (unpaired) electrons. The van der Waals surface area contributed by atoms with Crippen molar-refractivity contribution in [3.05, 3.63) is 47.3 Å². The maximum absolute atomic E-state index is 9.29. The van der Waals surface area contributed by atoms with Crippen molar-refractivity contribution in [1.82, 2.24) is 5.16 Å². The van der Waals surface area contributed by atoms with E-state index in [1.54, 1.807) is 14.0 Å². The molecule has 1 heterocycles. The van der Waals surface area contributed by atoms with Gasteiger partial charge in [0.2, 0.25) is 0 Å². The number of rotatable bonds is 7. The van der Waals surface area contributed by atoms with Crippen LogP contribution in [0.25, 0.3) is 12.2 Å². The molecule has 5 nitrogen and oxygen atoms in total. The number of hydrogen-bond donors (Lipinski definition) is 1. The maximum Gasteiger partial charge on any atom is 0.160 e. The van der Waals surface area contributed by atoms with Crippen molar-refractivity contribution < 1.29 is 19.1 Å². The molecule has 0 amide bonds. The zero-order valence-electron chi connectivity index (χ0n) is 12.2. The summed E-state index contributed by atoms with van der Waals surface area (Å²) < 4.78 is 15.7. The average Bonchev–Trinajstić information content (AvgIpc) is 2.92. The minimum atomic E-state index is -0.507. The Morgan fingerprint density at radius 2 is 2.14 bits per heavy atom. The van der Waals surface area contributed by atoms with E-state index in [0.29, 0.717) is 18.1 Å². The molecular weight excluding hydrogens is 270 g/mol. The summed E-state index contributed by atoms with van der Waals surface area (Å²) in [5.41, 5.74) is 1.65. The van der Waals surface area contributed by atoms with E-state index in [-0.39, 0.29) is 6.61 Å². The number of ether oxygens (including phenoxy) is 2. The van der Waals surface area contributed by atoms with Gasteiger partial charge in [0.05, 0.1) is 12.7 Å². The van der Waals surface area contributed by atoms with E-state index in [9.17, 15) is 5.11 Å². The van der Waals surface area contributed by atoms with Crippen LogP contribution in [0.2, 0.25) is 0 Å². The topological polar surface area (TPSA) is 64.7 Å². The summed E-state index contributed by atoms with van der Waals surface area (Å²) in [6, 6.07) is 9.42. The second-order valence-corrected chi connectivity index (χ2v) is 4.68. The van der Waals surface area contributed by atoms with E-state index in [4.69, 9.17) is 14.0 Å². The number of para-hydroxylation sites is 1. The van der Waals surface area contributed by atoms with Gasteiger partial charge in [-0.2, -0.15) is 0 Å². The van der Waals surface area contributed by atoms with Crippen LogP contribution >= 0.6 is 0 Å². The number of aromatic nitrogens is 1. The Morgan fingerprint density at radius 1 is 1.33 bits per heavy atom. The number of nitrogens with zero attached hydrogens (tertiary/aromatic N) is 1. The number of benzene rings is 1. The van der Waals surface area contributed by atoms with Crippen molar-refractivity contribution in [2.75, 3.05) is 13.7 Å². The lowest BCUT2D eigenvalue weighted by atomic mass is 10.2. The SMILES string of the molecule is COCc1cc(/C=C/c2ccccc2OCC(C)O)on1. The highest BCUT2D eigenvalue weighted by atomic mass is 16.5. The minimum Gasteiger partial charge on any atom is -0.490 e. The van der Waals surface area contributed by atoms with E-state index < -0.39 is 6.10 Å². The molecule has 0 aliphatic rings. The Bertz CT molecular complexity index is 589. The van der Waals surface area contributed by atoms with Crippen molar-refractivity contribution in [2.24, 2.45) is 0 Å². The highest BCUT2D eigenvalue weighted by Crippen LogP contribution is 2.21. The van der Waals surface area contributed by atoms with Crippen molar-refractivity contribution in [1.29, 1.82) is 0 Å². The first kappa shape index (κ1) is 15.3. The fourth-order valence-electron chi connectivity index (χ4n) is 1.75. The summed E-state index contributed by atoms with van der Waals surface area (Å²) in [5, 5.41) is 13.2. The van der Waals surface area contributed by atoms with Gasteiger partial charge >= 0.3 is 0 Å². The zero-order valence-corrected chi connectivity index (χ0v) is 12.2. The van der Waals surface area contributed by atoms with Crippen molar-refractivity contribution in [2.45, 2.75) is 19.6 Å². The molecule has 5 heteroatoms. The first-order valence-electron chi connectivity index (χ1n) is 6.71. The molecule has 0 aliphatic carbocycles. The molecule has 0 fully saturated rings. The third-order valence-corrected chi connectivity index (χ3v) is 2.70. The van der Waals surface area contributed by atoms with E-state index in [2.05, 4.69) is 5.16 Å². The standard InChI is InChI=1S/C16H19NO4/c1-12(18)10-20-16-6-4-3-5-13(16)7-8-15-9-14(11-19-2)17-21-15/h3-9,12,18H,10-11H2,1-2H3/b8-7+. The summed E-state index contributed by atoms with van der Waals surface area (Å²) in [6.45, 7) is 2.36. The van der Waals surface area contributed by atoms with E-state index in [1.807, 2.05) is 42.5 Å². The monoisotopic (exact) mass is 289 g/mol. The summed E-state index contributed by atoms with van der Waals surface area (Å²) >= 11 is 0. The van der Waals surface area contributed by atoms with Crippen molar-refractivity contribution in [3.63, 3.8) is 0 Å². The summed E-state index contributed by atoms with van der Waals surface area (Å²) in [7, 11) is 1.61. The average molecular weight is 289 g/mol. The smallest absolute Gasteiger partial charge is 0.160 e. The van der Waals surface area contributed by atoms with Crippen LogP contribution in [-0.2, 0) is 11.3 Å². The summed E-state index contributed by atoms with van der Waals surface area (Å²) in [6.07, 6.45) is 3.19. The maximum atomic E-state index is 9.29. The van der Waals surface area contributed by atoms with Gasteiger partial charge in [0.25, 0.3) is 0 Å². The minimum absolute atomic E-state index is 0.255. The van der Waals surface area contributed by atoms with Gasteiger partial charge in [-0.1, -0.05) is 23.4 Å². The lowest BCUT2D eigenvalue weighted by molar-refractivity contribution is 0.122. The predicted octanol–water partition coefficient (Wildman–Crippen LogP) is 2.75. The fraction of sp³-hybridized carbons (Fsp3) is 0.312. The van der Waals surface area contributed by atoms with Crippen LogP contribution in [0.3, 0.4) is 0 Å². The Labute approximate surface area is 123 Å². The van der Waals surface area contributed by atoms with E-state index in [0.717, 1.165) is 11.3 Å². The third-order valence-electron chi connectivity index (χ3n) is 2.70. The van der Waals surface area contributed by atoms with Crippen molar-refractivity contribution >= 4 is 12.2 Å². The van der Waals surface area contributed by atoms with Gasteiger partial charge < -0.3 is 19.1 Å². The van der Waals surface area contributed by atoms with Crippen LogP contribution in [0.4, 0.5) is 0 Å². The fourth-order valence-corrected chi connectivity index (χ4v) is 1.75. The van der Waals surface area contributed by atoms with Crippen LogP contribution < -0.4 is 4.74 Å². The van der Waals surface area contributed by atoms with E-state index >= 15 is 0 Å². The van der Waals surface area contributed by atoms with Gasteiger partial charge in [-0.25, -0.2) is 0 Å². The second-order valence-electron chi connectivity index (χ2n) is 4.68. The number of aliphatic hydroxyl groups excluding tert-OH is 1. The lowest BCUT2D eigenvalue weighted by Gasteiger charge is -2.10. The molecule has 1 unspecified atom stereocenters. The highest BCUT2D eigenvalue weighted by molar-refractivity contribution is 5.70. The van der Waals surface area contributed by atoms with Crippen LogP contribution in [0.1, 0.15) is 23.9 Å². The largest absolute Gasteiger partial charge is 0.490 e. The number of aliphatic hydroxyl groups is 1. The molecule has 0 saturated carbocycles. The molecule has 0 saturated heterocycles. The Balaban J connectivity index is 2.08. The molecule has 0 spiro atoms. The molecule has 1 atom stereocenters. The molecule has 1 N–H and O–H groups in total. The molecule has 0 bridgehead atoms. The first-order chi connectivity index (χ1) is 10.2. The van der Waals surface area contributed by atoms with Crippen molar-refractivity contribution in [3.8, 4) is 5.75 Å². The quantitative estimate of drug-likeness (QED) is 0.849. The molecule has 112 valence electrons. The molecule has 21 heavy (non-hydrogen) atoms. The molecule has 0 aliphatic heterocycles. The Kier molecular flexibility index (Phi) is 5.54. The highest BCUT2D eigenvalue weighted by Gasteiger charge is 2.04. The van der Waals surface area contributed by atoms with Gasteiger partial charge in [0.1, 0.15) is 18.1 Å². The van der Waals surface area contributed by atoms with Gasteiger partial charge in [0.15, 0.2) is 5.76 Å². The van der Waals surface area contributed by atoms with Crippen LogP contribution in [0.15, 0.2) is 34.9 Å². The normalized spacial score (nSPS) is 12.7. The van der Waals surface area contributed by atoms with Crippen LogP contribution in [-0.4, -0.2) is 30.1 Å². The molecule has 1 aromatic carbocycles. The number of methoxy groups -OCH3 is 1. The summed E-state index contributed by atoms with van der Waals surface area (Å²) in [4.78, 5) is 0.